The normalized spacial score (nSPS) is 10.3. The summed E-state index contributed by atoms with van der Waals surface area (Å²) in [7, 11) is 0. The molecule has 0 atom stereocenters. The van der Waals surface area contributed by atoms with E-state index in [9.17, 15) is 0 Å². The highest BCUT2D eigenvalue weighted by atomic mass is 79.9. The molecule has 0 amide bonds. The molecule has 75 valence electrons. The Morgan fingerprint density at radius 2 is 1.27 bits per heavy atom. The highest BCUT2D eigenvalue weighted by Gasteiger charge is 1.97. The molecule has 15 heavy (non-hydrogen) atoms. The van der Waals surface area contributed by atoms with Gasteiger partial charge in [0.25, 0.3) is 0 Å². The van der Waals surface area contributed by atoms with Crippen molar-refractivity contribution < 1.29 is 0 Å². The molecule has 0 bridgehead atoms. The Balaban J connectivity index is 2.33. The molecule has 0 saturated heterocycles. The standard InChI is InChI=1S/C13H11BrN/c14-13-7-5-12(6-8-13)11-3-1-10(9-15)2-4-11/h1-8,15H,9H2. The molecule has 0 aliphatic heterocycles. The lowest BCUT2D eigenvalue weighted by molar-refractivity contribution is 1.03. The SMILES string of the molecule is [NH]Cc1ccc(-c2ccc(Br)cc2)cc1. The minimum absolute atomic E-state index is 0.348. The largest absolute Gasteiger partial charge is 0.253 e. The minimum atomic E-state index is 0.348. The molecular formula is C13H11BrN. The van der Waals surface area contributed by atoms with Crippen LogP contribution in [-0.2, 0) is 6.54 Å². The first-order valence-corrected chi connectivity index (χ1v) is 5.58. The summed E-state index contributed by atoms with van der Waals surface area (Å²) in [6.07, 6.45) is 0. The first-order valence-electron chi connectivity index (χ1n) is 4.79. The quantitative estimate of drug-likeness (QED) is 0.783. The number of hydrogen-bond acceptors (Lipinski definition) is 0. The maximum Gasteiger partial charge on any atom is 0.0351 e. The van der Waals surface area contributed by atoms with Crippen LogP contribution in [0.4, 0.5) is 0 Å². The summed E-state index contributed by atoms with van der Waals surface area (Å²) in [5.74, 6) is 0. The van der Waals surface area contributed by atoms with Crippen molar-refractivity contribution in [2.45, 2.75) is 6.54 Å². The molecular weight excluding hydrogens is 250 g/mol. The van der Waals surface area contributed by atoms with Crippen molar-refractivity contribution in [2.75, 3.05) is 0 Å². The van der Waals surface area contributed by atoms with Gasteiger partial charge in [0.15, 0.2) is 0 Å². The smallest absolute Gasteiger partial charge is 0.0351 e. The molecule has 2 aromatic rings. The minimum Gasteiger partial charge on any atom is -0.253 e. The molecule has 0 saturated carbocycles. The van der Waals surface area contributed by atoms with Gasteiger partial charge >= 0.3 is 0 Å². The van der Waals surface area contributed by atoms with Crippen LogP contribution in [0.25, 0.3) is 11.1 Å². The number of benzene rings is 2. The number of nitrogens with one attached hydrogen (secondary N) is 1. The first kappa shape index (κ1) is 10.4. The van der Waals surface area contributed by atoms with E-state index >= 15 is 0 Å². The van der Waals surface area contributed by atoms with Crippen molar-refractivity contribution in [3.8, 4) is 11.1 Å². The van der Waals surface area contributed by atoms with Crippen molar-refractivity contribution in [3.63, 3.8) is 0 Å². The predicted octanol–water partition coefficient (Wildman–Crippen LogP) is 3.90. The van der Waals surface area contributed by atoms with E-state index in [4.69, 9.17) is 5.73 Å². The molecule has 1 N–H and O–H groups in total. The number of hydrogen-bond donors (Lipinski definition) is 0. The van der Waals surface area contributed by atoms with Gasteiger partial charge in [-0.15, -0.1) is 0 Å². The summed E-state index contributed by atoms with van der Waals surface area (Å²) < 4.78 is 1.09. The lowest BCUT2D eigenvalue weighted by Gasteiger charge is -2.02. The van der Waals surface area contributed by atoms with E-state index in [2.05, 4.69) is 40.2 Å². The molecule has 1 radical (unpaired) electrons. The number of rotatable bonds is 2. The van der Waals surface area contributed by atoms with E-state index < -0.39 is 0 Å². The van der Waals surface area contributed by atoms with Crippen LogP contribution in [-0.4, -0.2) is 0 Å². The zero-order chi connectivity index (χ0) is 10.7. The van der Waals surface area contributed by atoms with Crippen LogP contribution < -0.4 is 5.73 Å². The van der Waals surface area contributed by atoms with Crippen molar-refractivity contribution >= 4 is 15.9 Å². The van der Waals surface area contributed by atoms with E-state index in [0.29, 0.717) is 6.54 Å². The second-order valence-electron chi connectivity index (χ2n) is 3.38. The summed E-state index contributed by atoms with van der Waals surface area (Å²) in [6.45, 7) is 0.348. The Labute approximate surface area is 98.1 Å². The average molecular weight is 261 g/mol. The monoisotopic (exact) mass is 260 g/mol. The molecule has 0 unspecified atom stereocenters. The third kappa shape index (κ3) is 2.46. The Morgan fingerprint density at radius 1 is 0.800 bits per heavy atom. The van der Waals surface area contributed by atoms with Gasteiger partial charge in [-0.3, -0.25) is 5.73 Å². The Hall–Kier alpha value is -1.12. The topological polar surface area (TPSA) is 23.8 Å². The molecule has 0 spiro atoms. The van der Waals surface area contributed by atoms with Crippen LogP contribution in [0.2, 0.25) is 0 Å². The van der Waals surface area contributed by atoms with E-state index in [-0.39, 0.29) is 0 Å². The third-order valence-electron chi connectivity index (χ3n) is 2.34. The van der Waals surface area contributed by atoms with E-state index in [1.807, 2.05) is 24.3 Å². The fourth-order valence-corrected chi connectivity index (χ4v) is 1.72. The maximum absolute atomic E-state index is 7.24. The molecule has 1 nitrogen and oxygen atoms in total. The molecule has 2 aromatic carbocycles. The highest BCUT2D eigenvalue weighted by Crippen LogP contribution is 2.21. The summed E-state index contributed by atoms with van der Waals surface area (Å²) in [5, 5.41) is 0. The van der Waals surface area contributed by atoms with Crippen molar-refractivity contribution in [2.24, 2.45) is 0 Å². The summed E-state index contributed by atoms with van der Waals surface area (Å²) in [4.78, 5) is 0. The van der Waals surface area contributed by atoms with Crippen molar-refractivity contribution in [1.29, 1.82) is 0 Å². The second kappa shape index (κ2) is 4.60. The van der Waals surface area contributed by atoms with Crippen LogP contribution >= 0.6 is 15.9 Å². The van der Waals surface area contributed by atoms with Crippen molar-refractivity contribution in [3.05, 3.63) is 58.6 Å². The summed E-state index contributed by atoms with van der Waals surface area (Å²) in [5.41, 5.74) is 10.7. The van der Waals surface area contributed by atoms with Gasteiger partial charge in [0.05, 0.1) is 0 Å². The summed E-state index contributed by atoms with van der Waals surface area (Å²) >= 11 is 3.42. The Morgan fingerprint density at radius 3 is 1.73 bits per heavy atom. The molecule has 0 aromatic heterocycles. The van der Waals surface area contributed by atoms with Crippen molar-refractivity contribution in [1.82, 2.24) is 5.73 Å². The predicted molar refractivity (Wildman–Crippen MR) is 66.4 cm³/mol. The van der Waals surface area contributed by atoms with Gasteiger partial charge in [0.1, 0.15) is 0 Å². The lowest BCUT2D eigenvalue weighted by Crippen LogP contribution is -1.84. The second-order valence-corrected chi connectivity index (χ2v) is 4.30. The van der Waals surface area contributed by atoms with Gasteiger partial charge in [-0.05, 0) is 28.8 Å². The van der Waals surface area contributed by atoms with E-state index in [1.54, 1.807) is 0 Å². The van der Waals surface area contributed by atoms with Crippen LogP contribution in [0.1, 0.15) is 5.56 Å². The van der Waals surface area contributed by atoms with Crippen LogP contribution in [0.15, 0.2) is 53.0 Å². The zero-order valence-corrected chi connectivity index (χ0v) is 9.79. The molecule has 0 aliphatic rings. The highest BCUT2D eigenvalue weighted by molar-refractivity contribution is 9.10. The Bertz CT molecular complexity index is 431. The third-order valence-corrected chi connectivity index (χ3v) is 2.86. The van der Waals surface area contributed by atoms with Crippen LogP contribution in [0.3, 0.4) is 0 Å². The molecule has 0 aliphatic carbocycles. The van der Waals surface area contributed by atoms with E-state index in [0.717, 1.165) is 10.0 Å². The zero-order valence-electron chi connectivity index (χ0n) is 8.20. The average Bonchev–Trinajstić information content (AvgIpc) is 2.30. The van der Waals surface area contributed by atoms with Gasteiger partial charge in [-0.2, -0.15) is 0 Å². The van der Waals surface area contributed by atoms with Gasteiger partial charge < -0.3 is 0 Å². The maximum atomic E-state index is 7.24. The van der Waals surface area contributed by atoms with Gasteiger partial charge in [0.2, 0.25) is 0 Å². The summed E-state index contributed by atoms with van der Waals surface area (Å²) in [6, 6.07) is 16.4. The molecule has 2 heteroatoms. The lowest BCUT2D eigenvalue weighted by atomic mass is 10.0. The molecule has 0 heterocycles. The van der Waals surface area contributed by atoms with Gasteiger partial charge in [-0.25, -0.2) is 0 Å². The molecule has 0 fully saturated rings. The van der Waals surface area contributed by atoms with Gasteiger partial charge in [0, 0.05) is 11.0 Å². The fraction of sp³-hybridized carbons (Fsp3) is 0.0769. The first-order chi connectivity index (χ1) is 7.29. The van der Waals surface area contributed by atoms with Gasteiger partial charge in [-0.1, -0.05) is 52.3 Å². The Kier molecular flexibility index (Phi) is 3.19. The van der Waals surface area contributed by atoms with E-state index in [1.165, 1.54) is 11.1 Å². The number of halogens is 1. The molecule has 2 rings (SSSR count). The fourth-order valence-electron chi connectivity index (χ4n) is 1.46. The van der Waals surface area contributed by atoms with Crippen LogP contribution in [0, 0.1) is 0 Å². The van der Waals surface area contributed by atoms with Crippen LogP contribution in [0.5, 0.6) is 0 Å².